The number of rotatable bonds is 4. The lowest BCUT2D eigenvalue weighted by Crippen LogP contribution is -2.33. The van der Waals surface area contributed by atoms with Crippen molar-refractivity contribution < 1.29 is 14.4 Å². The predicted octanol–water partition coefficient (Wildman–Crippen LogP) is 4.27. The highest BCUT2D eigenvalue weighted by molar-refractivity contribution is 5.90. The lowest BCUT2D eigenvalue weighted by Gasteiger charge is -2.23. The number of carbonyl (C=O) groups is 2. The topological polar surface area (TPSA) is 101 Å². The van der Waals surface area contributed by atoms with E-state index in [1.807, 2.05) is 66.7 Å². The molecule has 2 aromatic carbocycles. The van der Waals surface area contributed by atoms with Crippen LogP contribution >= 0.6 is 0 Å². The van der Waals surface area contributed by atoms with Gasteiger partial charge in [-0.3, -0.25) is 9.63 Å². The minimum absolute atomic E-state index is 0.127. The molecular formula is C24H22N6O3. The molecule has 3 heterocycles. The first-order valence-corrected chi connectivity index (χ1v) is 10.6. The number of hydrogen-bond donors (Lipinski definition) is 2. The van der Waals surface area contributed by atoms with E-state index in [0.717, 1.165) is 17.5 Å². The van der Waals surface area contributed by atoms with E-state index in [4.69, 9.17) is 4.84 Å². The third kappa shape index (κ3) is 4.39. The summed E-state index contributed by atoms with van der Waals surface area (Å²) in [7, 11) is 0. The van der Waals surface area contributed by atoms with Crippen molar-refractivity contribution in [2.45, 2.75) is 19.4 Å². The number of amides is 3. The fraction of sp³-hybridized carbons (Fsp3) is 0.167. The lowest BCUT2D eigenvalue weighted by atomic mass is 10.1. The van der Waals surface area contributed by atoms with Gasteiger partial charge in [-0.15, -0.1) is 0 Å². The summed E-state index contributed by atoms with van der Waals surface area (Å²) >= 11 is 0. The number of hydrogen-bond acceptors (Lipinski definition) is 5. The summed E-state index contributed by atoms with van der Waals surface area (Å²) < 4.78 is 1.61. The maximum Gasteiger partial charge on any atom is 0.346 e. The van der Waals surface area contributed by atoms with Gasteiger partial charge in [-0.25, -0.2) is 14.3 Å². The van der Waals surface area contributed by atoms with Gasteiger partial charge in [0.25, 0.3) is 0 Å². The van der Waals surface area contributed by atoms with Gasteiger partial charge in [0.2, 0.25) is 5.91 Å². The highest BCUT2D eigenvalue weighted by atomic mass is 16.7. The molecule has 9 heteroatoms. The van der Waals surface area contributed by atoms with Crippen molar-refractivity contribution in [3.8, 4) is 11.3 Å². The molecule has 1 aliphatic rings. The molecule has 166 valence electrons. The van der Waals surface area contributed by atoms with E-state index in [9.17, 15) is 9.59 Å². The van der Waals surface area contributed by atoms with Crippen LogP contribution in [0.5, 0.6) is 0 Å². The second-order valence-electron chi connectivity index (χ2n) is 7.71. The van der Waals surface area contributed by atoms with Gasteiger partial charge in [-0.05, 0) is 29.8 Å². The molecule has 0 radical (unpaired) electrons. The summed E-state index contributed by atoms with van der Waals surface area (Å²) in [6.45, 7) is 1.92. The molecule has 3 amide bonds. The first kappa shape index (κ1) is 20.7. The SMILES string of the molecule is CC(=O)Nc1cn2nc(-c3cccc(NC(=O)N4OCCC4c4ccccc4)c3)ccc2n1. The molecule has 1 fully saturated rings. The number of imidazole rings is 1. The molecule has 0 saturated carbocycles. The monoisotopic (exact) mass is 442 g/mol. The Hall–Kier alpha value is -4.24. The van der Waals surface area contributed by atoms with Gasteiger partial charge in [0.05, 0.1) is 24.5 Å². The Morgan fingerprint density at radius 1 is 1.03 bits per heavy atom. The van der Waals surface area contributed by atoms with E-state index >= 15 is 0 Å². The molecule has 0 bridgehead atoms. The van der Waals surface area contributed by atoms with Crippen molar-refractivity contribution >= 4 is 29.1 Å². The molecule has 1 saturated heterocycles. The van der Waals surface area contributed by atoms with Crippen molar-refractivity contribution in [1.29, 1.82) is 0 Å². The average molecular weight is 442 g/mol. The average Bonchev–Trinajstić information content (AvgIpc) is 3.46. The van der Waals surface area contributed by atoms with Crippen molar-refractivity contribution in [2.75, 3.05) is 17.2 Å². The maximum atomic E-state index is 12.9. The molecule has 0 spiro atoms. The highest BCUT2D eigenvalue weighted by Crippen LogP contribution is 2.31. The van der Waals surface area contributed by atoms with Crippen LogP contribution in [0.4, 0.5) is 16.3 Å². The molecule has 5 rings (SSSR count). The molecule has 1 unspecified atom stereocenters. The molecule has 33 heavy (non-hydrogen) atoms. The van der Waals surface area contributed by atoms with E-state index in [-0.39, 0.29) is 18.0 Å². The fourth-order valence-corrected chi connectivity index (χ4v) is 3.86. The number of nitrogens with zero attached hydrogens (tertiary/aromatic N) is 4. The van der Waals surface area contributed by atoms with Gasteiger partial charge >= 0.3 is 6.03 Å². The van der Waals surface area contributed by atoms with Gasteiger partial charge in [-0.2, -0.15) is 10.2 Å². The molecule has 9 nitrogen and oxygen atoms in total. The number of hydroxylamine groups is 2. The van der Waals surface area contributed by atoms with Gasteiger partial charge in [0.15, 0.2) is 11.5 Å². The van der Waals surface area contributed by atoms with Crippen LogP contribution in [0.25, 0.3) is 16.9 Å². The zero-order valence-electron chi connectivity index (χ0n) is 17.9. The van der Waals surface area contributed by atoms with E-state index in [1.165, 1.54) is 12.0 Å². The van der Waals surface area contributed by atoms with Gasteiger partial charge in [0.1, 0.15) is 0 Å². The maximum absolute atomic E-state index is 12.9. The minimum atomic E-state index is -0.323. The molecule has 4 aromatic rings. The van der Waals surface area contributed by atoms with Gasteiger partial charge in [-0.1, -0.05) is 42.5 Å². The summed E-state index contributed by atoms with van der Waals surface area (Å²) in [5.41, 5.74) is 3.81. The lowest BCUT2D eigenvalue weighted by molar-refractivity contribution is -0.114. The molecule has 2 N–H and O–H groups in total. The van der Waals surface area contributed by atoms with Crippen molar-refractivity contribution in [2.24, 2.45) is 0 Å². The van der Waals surface area contributed by atoms with Gasteiger partial charge < -0.3 is 10.6 Å². The van der Waals surface area contributed by atoms with Crippen molar-refractivity contribution in [3.63, 3.8) is 0 Å². The Morgan fingerprint density at radius 2 is 1.88 bits per heavy atom. The Balaban J connectivity index is 1.35. The molecule has 0 aliphatic carbocycles. The highest BCUT2D eigenvalue weighted by Gasteiger charge is 2.31. The first-order chi connectivity index (χ1) is 16.1. The first-order valence-electron chi connectivity index (χ1n) is 10.6. The Kier molecular flexibility index (Phi) is 5.45. The number of urea groups is 1. The number of anilines is 2. The van der Waals surface area contributed by atoms with E-state index in [0.29, 0.717) is 29.5 Å². The molecular weight excluding hydrogens is 420 g/mol. The smallest absolute Gasteiger partial charge is 0.310 e. The van der Waals surface area contributed by atoms with Crippen molar-refractivity contribution in [3.05, 3.63) is 78.5 Å². The number of fused-ring (bicyclic) bond motifs is 1. The van der Waals surface area contributed by atoms with E-state index in [2.05, 4.69) is 20.7 Å². The van der Waals surface area contributed by atoms with Crippen LogP contribution in [0.2, 0.25) is 0 Å². The van der Waals surface area contributed by atoms with Crippen molar-refractivity contribution in [1.82, 2.24) is 19.7 Å². The summed E-state index contributed by atoms with van der Waals surface area (Å²) in [5, 5.41) is 11.6. The Morgan fingerprint density at radius 3 is 2.70 bits per heavy atom. The second kappa shape index (κ2) is 8.71. The normalized spacial score (nSPS) is 15.5. The number of aromatic nitrogens is 3. The van der Waals surface area contributed by atoms with Gasteiger partial charge in [0, 0.05) is 24.6 Å². The summed E-state index contributed by atoms with van der Waals surface area (Å²) in [6.07, 6.45) is 2.40. The number of carbonyl (C=O) groups excluding carboxylic acids is 2. The number of benzene rings is 2. The van der Waals surface area contributed by atoms with Crippen LogP contribution in [0.3, 0.4) is 0 Å². The quantitative estimate of drug-likeness (QED) is 0.492. The van der Waals surface area contributed by atoms with Crippen LogP contribution in [0.15, 0.2) is 72.9 Å². The summed E-state index contributed by atoms with van der Waals surface area (Å²) in [6, 6.07) is 20.5. The zero-order chi connectivity index (χ0) is 22.8. The van der Waals surface area contributed by atoms with Crippen LogP contribution in [-0.2, 0) is 9.63 Å². The Bertz CT molecular complexity index is 1320. The minimum Gasteiger partial charge on any atom is -0.310 e. The van der Waals surface area contributed by atoms with Crippen LogP contribution in [0, 0.1) is 0 Å². The summed E-state index contributed by atoms with van der Waals surface area (Å²) in [4.78, 5) is 34.1. The second-order valence-corrected chi connectivity index (χ2v) is 7.71. The van der Waals surface area contributed by atoms with E-state index in [1.54, 1.807) is 10.7 Å². The van der Waals surface area contributed by atoms with Crippen LogP contribution in [0.1, 0.15) is 24.9 Å². The van der Waals surface area contributed by atoms with Crippen LogP contribution in [-0.4, -0.2) is 38.2 Å². The summed E-state index contributed by atoms with van der Waals surface area (Å²) in [5.74, 6) is 0.241. The van der Waals surface area contributed by atoms with E-state index < -0.39 is 0 Å². The standard InChI is InChI=1S/C24H22N6O3/c1-16(31)25-22-15-29-23(27-22)11-10-20(28-29)18-8-5-9-19(14-18)26-24(32)30-21(12-13-33-30)17-6-3-2-4-7-17/h2-11,14-15,21H,12-13H2,1H3,(H,25,31)(H,26,32). The zero-order valence-corrected chi connectivity index (χ0v) is 17.9. The Labute approximate surface area is 190 Å². The largest absolute Gasteiger partial charge is 0.346 e. The predicted molar refractivity (Wildman–Crippen MR) is 123 cm³/mol. The fourth-order valence-electron chi connectivity index (χ4n) is 3.86. The number of nitrogens with one attached hydrogen (secondary N) is 2. The third-order valence-corrected chi connectivity index (χ3v) is 5.32. The molecule has 2 aromatic heterocycles. The third-order valence-electron chi connectivity index (χ3n) is 5.32. The molecule has 1 aliphatic heterocycles. The molecule has 1 atom stereocenters. The van der Waals surface area contributed by atoms with Crippen LogP contribution < -0.4 is 10.6 Å².